The van der Waals surface area contributed by atoms with Crippen LogP contribution in [0.25, 0.3) is 0 Å². The molecule has 0 unspecified atom stereocenters. The van der Waals surface area contributed by atoms with Gasteiger partial charge in [0.05, 0.1) is 12.1 Å². The number of rotatable bonds is 6. The van der Waals surface area contributed by atoms with Crippen LogP contribution in [0.15, 0.2) is 42.5 Å². The van der Waals surface area contributed by atoms with E-state index in [9.17, 15) is 4.79 Å². The Balaban J connectivity index is 1.80. The Kier molecular flexibility index (Phi) is 6.10. The van der Waals surface area contributed by atoms with Crippen LogP contribution in [0, 0.1) is 0 Å². The van der Waals surface area contributed by atoms with Crippen LogP contribution in [0.1, 0.15) is 22.3 Å². The number of carbonyl (C=O) groups is 1. The monoisotopic (exact) mass is 337 g/mol. The number of halogens is 2. The molecule has 2 aromatic carbocycles. The van der Waals surface area contributed by atoms with E-state index in [0.717, 1.165) is 17.9 Å². The van der Waals surface area contributed by atoms with Crippen LogP contribution in [0.3, 0.4) is 0 Å². The summed E-state index contributed by atoms with van der Waals surface area (Å²) in [6.45, 7) is 0.602. The van der Waals surface area contributed by atoms with Gasteiger partial charge in [-0.3, -0.25) is 4.79 Å². The number of nitrogens with one attached hydrogen (secondary N) is 1. The molecule has 0 aromatic heterocycles. The van der Waals surface area contributed by atoms with Gasteiger partial charge in [-0.1, -0.05) is 35.3 Å². The Morgan fingerprint density at radius 2 is 1.86 bits per heavy atom. The summed E-state index contributed by atoms with van der Waals surface area (Å²) in [7, 11) is 1.54. The maximum Gasteiger partial charge on any atom is 0.251 e. The Labute approximate surface area is 140 Å². The predicted octanol–water partition coefficient (Wildman–Crippen LogP) is 4.36. The van der Waals surface area contributed by atoms with Gasteiger partial charge < -0.3 is 10.1 Å². The molecule has 1 N–H and O–H groups in total. The van der Waals surface area contributed by atoms with E-state index in [4.69, 9.17) is 27.9 Å². The van der Waals surface area contributed by atoms with E-state index in [1.54, 1.807) is 18.2 Å². The van der Waals surface area contributed by atoms with Crippen molar-refractivity contribution >= 4 is 29.1 Å². The SMILES string of the molecule is COc1ccc(C(=O)NCCCc2ccc(Cl)cc2)cc1Cl. The highest BCUT2D eigenvalue weighted by Gasteiger charge is 2.08. The molecule has 0 saturated carbocycles. The summed E-state index contributed by atoms with van der Waals surface area (Å²) in [6, 6.07) is 12.7. The first-order valence-electron chi connectivity index (χ1n) is 6.96. The van der Waals surface area contributed by atoms with Gasteiger partial charge in [-0.25, -0.2) is 0 Å². The first kappa shape index (κ1) is 16.7. The summed E-state index contributed by atoms with van der Waals surface area (Å²) in [4.78, 5) is 12.0. The van der Waals surface area contributed by atoms with Crippen molar-refractivity contribution in [3.8, 4) is 5.75 Å². The van der Waals surface area contributed by atoms with Crippen molar-refractivity contribution in [1.82, 2.24) is 5.32 Å². The summed E-state index contributed by atoms with van der Waals surface area (Å²) in [5, 5.41) is 4.04. The average molecular weight is 338 g/mol. The van der Waals surface area contributed by atoms with E-state index >= 15 is 0 Å². The molecular weight excluding hydrogens is 321 g/mol. The van der Waals surface area contributed by atoms with E-state index in [-0.39, 0.29) is 5.91 Å². The first-order chi connectivity index (χ1) is 10.6. The van der Waals surface area contributed by atoms with Crippen molar-refractivity contribution in [2.75, 3.05) is 13.7 Å². The van der Waals surface area contributed by atoms with Gasteiger partial charge in [-0.15, -0.1) is 0 Å². The third-order valence-corrected chi connectivity index (χ3v) is 3.80. The van der Waals surface area contributed by atoms with Crippen LogP contribution in [0.2, 0.25) is 10.0 Å². The Hall–Kier alpha value is -1.71. The third kappa shape index (κ3) is 4.65. The lowest BCUT2D eigenvalue weighted by Gasteiger charge is -2.08. The van der Waals surface area contributed by atoms with Gasteiger partial charge in [0.15, 0.2) is 0 Å². The van der Waals surface area contributed by atoms with E-state index in [2.05, 4.69) is 5.32 Å². The average Bonchev–Trinajstić information content (AvgIpc) is 2.53. The van der Waals surface area contributed by atoms with E-state index in [1.807, 2.05) is 24.3 Å². The number of benzene rings is 2. The van der Waals surface area contributed by atoms with Crippen molar-refractivity contribution in [3.63, 3.8) is 0 Å². The third-order valence-electron chi connectivity index (χ3n) is 3.26. The lowest BCUT2D eigenvalue weighted by molar-refractivity contribution is 0.0953. The minimum atomic E-state index is -0.138. The maximum absolute atomic E-state index is 12.0. The number of ether oxygens (including phenoxy) is 1. The van der Waals surface area contributed by atoms with Gasteiger partial charge in [0, 0.05) is 17.1 Å². The minimum Gasteiger partial charge on any atom is -0.495 e. The van der Waals surface area contributed by atoms with Crippen molar-refractivity contribution in [2.24, 2.45) is 0 Å². The van der Waals surface area contributed by atoms with Crippen molar-refractivity contribution in [1.29, 1.82) is 0 Å². The number of aryl methyl sites for hydroxylation is 1. The highest BCUT2D eigenvalue weighted by atomic mass is 35.5. The highest BCUT2D eigenvalue weighted by Crippen LogP contribution is 2.24. The van der Waals surface area contributed by atoms with Crippen LogP contribution in [0.5, 0.6) is 5.75 Å². The molecule has 0 fully saturated rings. The fourth-order valence-corrected chi connectivity index (χ4v) is 2.44. The molecule has 5 heteroatoms. The van der Waals surface area contributed by atoms with Crippen molar-refractivity contribution in [2.45, 2.75) is 12.8 Å². The van der Waals surface area contributed by atoms with Crippen LogP contribution >= 0.6 is 23.2 Å². The molecule has 22 heavy (non-hydrogen) atoms. The second-order valence-electron chi connectivity index (χ2n) is 4.84. The van der Waals surface area contributed by atoms with Crippen LogP contribution in [0.4, 0.5) is 0 Å². The number of hydrogen-bond donors (Lipinski definition) is 1. The zero-order chi connectivity index (χ0) is 15.9. The zero-order valence-electron chi connectivity index (χ0n) is 12.2. The number of carbonyl (C=O) groups excluding carboxylic acids is 1. The van der Waals surface area contributed by atoms with Crippen molar-refractivity contribution in [3.05, 3.63) is 63.6 Å². The van der Waals surface area contributed by atoms with Gasteiger partial charge in [-0.05, 0) is 48.7 Å². The molecule has 0 atom stereocenters. The molecular formula is C17H17Cl2NO2. The summed E-state index contributed by atoms with van der Waals surface area (Å²) in [6.07, 6.45) is 1.75. The zero-order valence-corrected chi connectivity index (χ0v) is 13.7. The summed E-state index contributed by atoms with van der Waals surface area (Å²) in [5.74, 6) is 0.418. The molecule has 3 nitrogen and oxygen atoms in total. The van der Waals surface area contributed by atoms with Crippen LogP contribution in [-0.2, 0) is 6.42 Å². The van der Waals surface area contributed by atoms with Gasteiger partial charge in [0.2, 0.25) is 0 Å². The molecule has 116 valence electrons. The van der Waals surface area contributed by atoms with Crippen LogP contribution in [-0.4, -0.2) is 19.6 Å². The molecule has 0 heterocycles. The number of hydrogen-bond acceptors (Lipinski definition) is 2. The molecule has 0 aliphatic rings. The molecule has 0 spiro atoms. The highest BCUT2D eigenvalue weighted by molar-refractivity contribution is 6.32. The summed E-state index contributed by atoms with van der Waals surface area (Å²) >= 11 is 11.9. The predicted molar refractivity (Wildman–Crippen MR) is 90.1 cm³/mol. The fourth-order valence-electron chi connectivity index (χ4n) is 2.06. The van der Waals surface area contributed by atoms with E-state index < -0.39 is 0 Å². The largest absolute Gasteiger partial charge is 0.495 e. The van der Waals surface area contributed by atoms with Gasteiger partial charge in [0.1, 0.15) is 5.75 Å². The Morgan fingerprint density at radius 3 is 2.50 bits per heavy atom. The number of methoxy groups -OCH3 is 1. The molecule has 2 rings (SSSR count). The molecule has 0 aliphatic heterocycles. The molecule has 0 radical (unpaired) electrons. The maximum atomic E-state index is 12.0. The quantitative estimate of drug-likeness (QED) is 0.795. The Morgan fingerprint density at radius 1 is 1.14 bits per heavy atom. The summed E-state index contributed by atoms with van der Waals surface area (Å²) in [5.41, 5.74) is 1.73. The van der Waals surface area contributed by atoms with Gasteiger partial charge >= 0.3 is 0 Å². The van der Waals surface area contributed by atoms with Gasteiger partial charge in [0.25, 0.3) is 5.91 Å². The lowest BCUT2D eigenvalue weighted by atomic mass is 10.1. The minimum absolute atomic E-state index is 0.138. The first-order valence-corrected chi connectivity index (χ1v) is 7.72. The van der Waals surface area contributed by atoms with E-state index in [0.29, 0.717) is 22.9 Å². The van der Waals surface area contributed by atoms with Gasteiger partial charge in [-0.2, -0.15) is 0 Å². The van der Waals surface area contributed by atoms with Crippen molar-refractivity contribution < 1.29 is 9.53 Å². The lowest BCUT2D eigenvalue weighted by Crippen LogP contribution is -2.24. The second-order valence-corrected chi connectivity index (χ2v) is 5.68. The Bertz CT molecular complexity index is 642. The molecule has 0 bridgehead atoms. The second kappa shape index (κ2) is 8.06. The molecule has 1 amide bonds. The standard InChI is InChI=1S/C17H17Cl2NO2/c1-22-16-9-6-13(11-15(16)19)17(21)20-10-2-3-12-4-7-14(18)8-5-12/h4-9,11H,2-3,10H2,1H3,(H,20,21). The molecule has 0 saturated heterocycles. The molecule has 2 aromatic rings. The van der Waals surface area contributed by atoms with Crippen LogP contribution < -0.4 is 10.1 Å². The van der Waals surface area contributed by atoms with E-state index in [1.165, 1.54) is 12.7 Å². The normalized spacial score (nSPS) is 10.3. The number of amides is 1. The topological polar surface area (TPSA) is 38.3 Å². The smallest absolute Gasteiger partial charge is 0.251 e. The summed E-state index contributed by atoms with van der Waals surface area (Å²) < 4.78 is 5.06. The fraction of sp³-hybridized carbons (Fsp3) is 0.235. The molecule has 0 aliphatic carbocycles.